The van der Waals surface area contributed by atoms with Gasteiger partial charge in [-0.1, -0.05) is 46.2 Å². The van der Waals surface area contributed by atoms with E-state index in [1.54, 1.807) is 0 Å². The fraction of sp³-hybridized carbons (Fsp3) is 0.562. The number of hydrogen-bond donors (Lipinski definition) is 2. The lowest BCUT2D eigenvalue weighted by Crippen LogP contribution is -2.40. The maximum Gasteiger partial charge on any atom is 0.241 e. The van der Waals surface area contributed by atoms with Crippen LogP contribution in [0.5, 0.6) is 0 Å². The molecule has 3 atom stereocenters. The topological polar surface area (TPSA) is 55.1 Å². The van der Waals surface area contributed by atoms with Crippen molar-refractivity contribution < 1.29 is 4.79 Å². The van der Waals surface area contributed by atoms with E-state index >= 15 is 0 Å². The molecule has 106 valence electrons. The number of carbonyl (C=O) groups excluding carboxylic acids is 1. The molecule has 0 spiro atoms. The fourth-order valence-electron chi connectivity index (χ4n) is 1.87. The van der Waals surface area contributed by atoms with Crippen LogP contribution < -0.4 is 11.1 Å². The van der Waals surface area contributed by atoms with E-state index in [1.807, 2.05) is 26.0 Å². The molecule has 1 aromatic rings. The Morgan fingerprint density at radius 3 is 2.21 bits per heavy atom. The molecule has 19 heavy (non-hydrogen) atoms. The molecule has 0 heterocycles. The Hall–Kier alpha value is -1.35. The van der Waals surface area contributed by atoms with Gasteiger partial charge in [-0.3, -0.25) is 4.79 Å². The summed E-state index contributed by atoms with van der Waals surface area (Å²) in [5.41, 5.74) is 8.02. The summed E-state index contributed by atoms with van der Waals surface area (Å²) in [7, 11) is 0. The number of nitrogens with one attached hydrogen (secondary N) is 1. The Morgan fingerprint density at radius 2 is 1.74 bits per heavy atom. The summed E-state index contributed by atoms with van der Waals surface area (Å²) in [6.07, 6.45) is 2.02. The first kappa shape index (κ1) is 15.7. The van der Waals surface area contributed by atoms with Crippen molar-refractivity contribution in [2.24, 2.45) is 11.7 Å². The number of benzene rings is 1. The van der Waals surface area contributed by atoms with Crippen LogP contribution in [0.1, 0.15) is 52.0 Å². The van der Waals surface area contributed by atoms with Crippen LogP contribution in [0.25, 0.3) is 0 Å². The van der Waals surface area contributed by atoms with Crippen LogP contribution >= 0.6 is 0 Å². The van der Waals surface area contributed by atoms with Gasteiger partial charge in [0.05, 0.1) is 6.04 Å². The summed E-state index contributed by atoms with van der Waals surface area (Å²) in [5.74, 6) is 0.636. The quantitative estimate of drug-likeness (QED) is 0.824. The smallest absolute Gasteiger partial charge is 0.241 e. The SMILES string of the molecule is CCC(C)c1ccc(NC(=O)[C@@H](N)[C@@H](C)CC)cc1. The van der Waals surface area contributed by atoms with Crippen molar-refractivity contribution >= 4 is 11.6 Å². The van der Waals surface area contributed by atoms with E-state index in [-0.39, 0.29) is 11.8 Å². The summed E-state index contributed by atoms with van der Waals surface area (Å²) in [6, 6.07) is 7.59. The molecule has 3 N–H and O–H groups in total. The molecule has 0 aliphatic rings. The molecular formula is C16H26N2O. The van der Waals surface area contributed by atoms with Gasteiger partial charge in [0.2, 0.25) is 5.91 Å². The monoisotopic (exact) mass is 262 g/mol. The van der Waals surface area contributed by atoms with Gasteiger partial charge in [0.1, 0.15) is 0 Å². The third kappa shape index (κ3) is 4.35. The molecule has 1 rings (SSSR count). The fourth-order valence-corrected chi connectivity index (χ4v) is 1.87. The van der Waals surface area contributed by atoms with Crippen LogP contribution in [0.3, 0.4) is 0 Å². The van der Waals surface area contributed by atoms with E-state index < -0.39 is 6.04 Å². The van der Waals surface area contributed by atoms with Crippen LogP contribution in [-0.2, 0) is 4.79 Å². The molecule has 1 unspecified atom stereocenters. The second-order valence-electron chi connectivity index (χ2n) is 5.33. The van der Waals surface area contributed by atoms with Crippen LogP contribution in [0, 0.1) is 5.92 Å². The largest absolute Gasteiger partial charge is 0.325 e. The second-order valence-corrected chi connectivity index (χ2v) is 5.33. The standard InChI is InChI=1S/C16H26N2O/c1-5-11(3)13-7-9-14(10-8-13)18-16(19)15(17)12(4)6-2/h7-12,15H,5-6,17H2,1-4H3,(H,18,19)/t11?,12-,15-/m0/s1. The highest BCUT2D eigenvalue weighted by Crippen LogP contribution is 2.20. The lowest BCUT2D eigenvalue weighted by Gasteiger charge is -2.18. The molecule has 0 saturated carbocycles. The first-order chi connectivity index (χ1) is 8.99. The van der Waals surface area contributed by atoms with Gasteiger partial charge < -0.3 is 11.1 Å². The Morgan fingerprint density at radius 1 is 1.16 bits per heavy atom. The van der Waals surface area contributed by atoms with Gasteiger partial charge >= 0.3 is 0 Å². The molecule has 0 bridgehead atoms. The van der Waals surface area contributed by atoms with Gasteiger partial charge in [-0.05, 0) is 36.0 Å². The number of amides is 1. The minimum absolute atomic E-state index is 0.106. The van der Waals surface area contributed by atoms with Crippen LogP contribution in [-0.4, -0.2) is 11.9 Å². The third-order valence-corrected chi connectivity index (χ3v) is 3.92. The van der Waals surface area contributed by atoms with E-state index in [2.05, 4.69) is 31.3 Å². The Balaban J connectivity index is 2.65. The molecule has 3 heteroatoms. The van der Waals surface area contributed by atoms with E-state index in [4.69, 9.17) is 5.73 Å². The lowest BCUT2D eigenvalue weighted by molar-refractivity contribution is -0.118. The van der Waals surface area contributed by atoms with Gasteiger partial charge in [0.25, 0.3) is 0 Å². The number of anilines is 1. The minimum Gasteiger partial charge on any atom is -0.325 e. The number of rotatable bonds is 6. The average Bonchev–Trinajstić information content (AvgIpc) is 2.45. The van der Waals surface area contributed by atoms with E-state index in [1.165, 1.54) is 5.56 Å². The van der Waals surface area contributed by atoms with Gasteiger partial charge in [-0.25, -0.2) is 0 Å². The highest BCUT2D eigenvalue weighted by molar-refractivity contribution is 5.94. The average molecular weight is 262 g/mol. The molecule has 1 aromatic carbocycles. The van der Waals surface area contributed by atoms with Crippen LogP contribution in [0.2, 0.25) is 0 Å². The van der Waals surface area contributed by atoms with Gasteiger partial charge in [0.15, 0.2) is 0 Å². The first-order valence-electron chi connectivity index (χ1n) is 7.15. The lowest BCUT2D eigenvalue weighted by atomic mass is 9.98. The second kappa shape index (κ2) is 7.29. The summed E-state index contributed by atoms with van der Waals surface area (Å²) >= 11 is 0. The normalized spacial score (nSPS) is 15.6. The van der Waals surface area contributed by atoms with Crippen molar-refractivity contribution in [1.29, 1.82) is 0 Å². The zero-order valence-corrected chi connectivity index (χ0v) is 12.4. The number of nitrogens with two attached hydrogens (primary N) is 1. The Kier molecular flexibility index (Phi) is 6.03. The van der Waals surface area contributed by atoms with E-state index in [9.17, 15) is 4.79 Å². The first-order valence-corrected chi connectivity index (χ1v) is 7.15. The highest BCUT2D eigenvalue weighted by atomic mass is 16.2. The van der Waals surface area contributed by atoms with Gasteiger partial charge in [-0.2, -0.15) is 0 Å². The molecule has 0 fully saturated rings. The predicted octanol–water partition coefficient (Wildman–Crippen LogP) is 3.51. The number of hydrogen-bond acceptors (Lipinski definition) is 2. The van der Waals surface area contributed by atoms with Crippen molar-refractivity contribution in [2.45, 2.75) is 52.5 Å². The zero-order chi connectivity index (χ0) is 14.4. The summed E-state index contributed by atoms with van der Waals surface area (Å²) < 4.78 is 0. The van der Waals surface area contributed by atoms with Crippen molar-refractivity contribution in [3.63, 3.8) is 0 Å². The zero-order valence-electron chi connectivity index (χ0n) is 12.4. The van der Waals surface area contributed by atoms with Crippen molar-refractivity contribution in [2.75, 3.05) is 5.32 Å². The molecule has 3 nitrogen and oxygen atoms in total. The van der Waals surface area contributed by atoms with Gasteiger partial charge in [0, 0.05) is 5.69 Å². The van der Waals surface area contributed by atoms with Crippen LogP contribution in [0.4, 0.5) is 5.69 Å². The predicted molar refractivity (Wildman–Crippen MR) is 81.2 cm³/mol. The minimum atomic E-state index is -0.445. The Bertz CT molecular complexity index is 400. The van der Waals surface area contributed by atoms with Gasteiger partial charge in [-0.15, -0.1) is 0 Å². The van der Waals surface area contributed by atoms with Crippen molar-refractivity contribution in [3.05, 3.63) is 29.8 Å². The molecule has 0 aliphatic carbocycles. The van der Waals surface area contributed by atoms with Crippen molar-refractivity contribution in [3.8, 4) is 0 Å². The van der Waals surface area contributed by atoms with Crippen LogP contribution in [0.15, 0.2) is 24.3 Å². The van der Waals surface area contributed by atoms with E-state index in [0.29, 0.717) is 5.92 Å². The maximum atomic E-state index is 12.0. The summed E-state index contributed by atoms with van der Waals surface area (Å²) in [6.45, 7) is 8.41. The molecule has 1 amide bonds. The molecule has 0 radical (unpaired) electrons. The maximum absolute atomic E-state index is 12.0. The van der Waals surface area contributed by atoms with Crippen molar-refractivity contribution in [1.82, 2.24) is 0 Å². The third-order valence-electron chi connectivity index (χ3n) is 3.92. The molecular weight excluding hydrogens is 236 g/mol. The highest BCUT2D eigenvalue weighted by Gasteiger charge is 2.19. The molecule has 0 saturated heterocycles. The van der Waals surface area contributed by atoms with E-state index in [0.717, 1.165) is 18.5 Å². The number of carbonyl (C=O) groups is 1. The summed E-state index contributed by atoms with van der Waals surface area (Å²) in [5, 5.41) is 2.88. The molecule has 0 aromatic heterocycles. The Labute approximate surface area is 116 Å². The molecule has 0 aliphatic heterocycles. The summed E-state index contributed by atoms with van der Waals surface area (Å²) in [4.78, 5) is 12.0.